The molecule has 1 aromatic rings. The van der Waals surface area contributed by atoms with Crippen molar-refractivity contribution >= 4 is 22.4 Å². The fourth-order valence-corrected chi connectivity index (χ4v) is 3.41. The summed E-state index contributed by atoms with van der Waals surface area (Å²) in [7, 11) is 0. The molecule has 1 atom stereocenters. The summed E-state index contributed by atoms with van der Waals surface area (Å²) < 4.78 is 0. The normalized spacial score (nSPS) is 18.8. The van der Waals surface area contributed by atoms with Gasteiger partial charge in [-0.05, 0) is 26.4 Å². The summed E-state index contributed by atoms with van der Waals surface area (Å²) >= 11 is 1.34. The molecule has 0 bridgehead atoms. The monoisotopic (exact) mass is 297 g/mol. The number of hydrogen-bond donors (Lipinski definition) is 1. The van der Waals surface area contributed by atoms with Crippen LogP contribution in [0.2, 0.25) is 0 Å². The molecule has 1 saturated heterocycles. The second kappa shape index (κ2) is 6.99. The van der Waals surface area contributed by atoms with Crippen LogP contribution < -0.4 is 5.32 Å². The minimum Gasteiger partial charge on any atom is -0.360 e. The second-order valence-corrected chi connectivity index (χ2v) is 5.84. The van der Waals surface area contributed by atoms with Gasteiger partial charge in [0.15, 0.2) is 0 Å². The van der Waals surface area contributed by atoms with Crippen LogP contribution in [0.1, 0.15) is 37.0 Å². The van der Waals surface area contributed by atoms with E-state index in [2.05, 4.69) is 34.3 Å². The fourth-order valence-electron chi connectivity index (χ4n) is 2.63. The van der Waals surface area contributed by atoms with E-state index < -0.39 is 0 Å². The first-order chi connectivity index (χ1) is 9.69. The molecule has 20 heavy (non-hydrogen) atoms. The number of hydrogen-bond acceptors (Lipinski definition) is 6. The van der Waals surface area contributed by atoms with Crippen LogP contribution in [0.5, 0.6) is 0 Å². The van der Waals surface area contributed by atoms with Gasteiger partial charge in [0.2, 0.25) is 10.1 Å². The standard InChI is InChI=1S/C13H23N5OS/c1-4-14-13-16-15-11(20-13)12(19)18-8-7-10(9-18)17(5-2)6-3/h10H,4-9H2,1-3H3,(H,14,16). The Balaban J connectivity index is 1.96. The van der Waals surface area contributed by atoms with E-state index in [9.17, 15) is 4.79 Å². The molecule has 0 radical (unpaired) electrons. The maximum absolute atomic E-state index is 12.4. The minimum absolute atomic E-state index is 0.0151. The predicted molar refractivity (Wildman–Crippen MR) is 81.3 cm³/mol. The van der Waals surface area contributed by atoms with Crippen LogP contribution in [0.15, 0.2) is 0 Å². The maximum atomic E-state index is 12.4. The summed E-state index contributed by atoms with van der Waals surface area (Å²) in [6.07, 6.45) is 1.05. The Labute approximate surface area is 124 Å². The Morgan fingerprint density at radius 1 is 1.40 bits per heavy atom. The van der Waals surface area contributed by atoms with Crippen molar-refractivity contribution in [1.29, 1.82) is 0 Å². The van der Waals surface area contributed by atoms with Gasteiger partial charge in [-0.2, -0.15) is 0 Å². The van der Waals surface area contributed by atoms with Crippen LogP contribution in [0.4, 0.5) is 5.13 Å². The van der Waals surface area contributed by atoms with Crippen LogP contribution in [-0.4, -0.2) is 64.7 Å². The average molecular weight is 297 g/mol. The van der Waals surface area contributed by atoms with E-state index >= 15 is 0 Å². The van der Waals surface area contributed by atoms with Crippen molar-refractivity contribution < 1.29 is 4.79 Å². The summed E-state index contributed by atoms with van der Waals surface area (Å²) in [6.45, 7) is 10.8. The lowest BCUT2D eigenvalue weighted by Gasteiger charge is -2.25. The molecule has 2 heterocycles. The number of nitrogens with one attached hydrogen (secondary N) is 1. The zero-order valence-corrected chi connectivity index (χ0v) is 13.2. The quantitative estimate of drug-likeness (QED) is 0.863. The fraction of sp³-hybridized carbons (Fsp3) is 0.769. The van der Waals surface area contributed by atoms with E-state index in [4.69, 9.17) is 0 Å². The highest BCUT2D eigenvalue weighted by Gasteiger charge is 2.31. The molecule has 0 saturated carbocycles. The summed E-state index contributed by atoms with van der Waals surface area (Å²) in [4.78, 5) is 16.7. The van der Waals surface area contributed by atoms with Crippen LogP contribution in [0.3, 0.4) is 0 Å². The Morgan fingerprint density at radius 3 is 2.80 bits per heavy atom. The third-order valence-corrected chi connectivity index (χ3v) is 4.58. The largest absolute Gasteiger partial charge is 0.360 e. The molecular weight excluding hydrogens is 274 g/mol. The number of carbonyl (C=O) groups excluding carboxylic acids is 1. The first-order valence-electron chi connectivity index (χ1n) is 7.30. The van der Waals surface area contributed by atoms with Gasteiger partial charge in [-0.3, -0.25) is 9.69 Å². The molecule has 1 aliphatic rings. The molecule has 1 amide bonds. The van der Waals surface area contributed by atoms with Crippen molar-refractivity contribution in [2.24, 2.45) is 0 Å². The Morgan fingerprint density at radius 2 is 2.15 bits per heavy atom. The average Bonchev–Trinajstić information content (AvgIpc) is 3.09. The molecule has 1 aromatic heterocycles. The van der Waals surface area contributed by atoms with Gasteiger partial charge < -0.3 is 10.2 Å². The summed E-state index contributed by atoms with van der Waals surface area (Å²) in [6, 6.07) is 0.482. The van der Waals surface area contributed by atoms with Crippen LogP contribution in [-0.2, 0) is 0 Å². The first kappa shape index (κ1) is 15.2. The van der Waals surface area contributed by atoms with Crippen molar-refractivity contribution in [3.8, 4) is 0 Å². The number of likely N-dealkylation sites (tertiary alicyclic amines) is 1. The highest BCUT2D eigenvalue weighted by Crippen LogP contribution is 2.21. The Bertz CT molecular complexity index is 446. The predicted octanol–water partition coefficient (Wildman–Crippen LogP) is 1.53. The molecule has 1 fully saturated rings. The molecule has 1 aliphatic heterocycles. The molecular formula is C13H23N5OS. The number of nitrogens with zero attached hydrogens (tertiary/aromatic N) is 4. The molecule has 6 nitrogen and oxygen atoms in total. The minimum atomic E-state index is 0.0151. The van der Waals surface area contributed by atoms with E-state index in [1.807, 2.05) is 11.8 Å². The number of rotatable bonds is 6. The number of aromatic nitrogens is 2. The smallest absolute Gasteiger partial charge is 0.284 e. The van der Waals surface area contributed by atoms with Crippen molar-refractivity contribution in [3.63, 3.8) is 0 Å². The zero-order chi connectivity index (χ0) is 14.5. The van der Waals surface area contributed by atoms with E-state index in [1.54, 1.807) is 0 Å². The van der Waals surface area contributed by atoms with Crippen LogP contribution >= 0.6 is 11.3 Å². The Kier molecular flexibility index (Phi) is 5.31. The lowest BCUT2D eigenvalue weighted by atomic mass is 10.2. The summed E-state index contributed by atoms with van der Waals surface area (Å²) in [5, 5.41) is 12.3. The van der Waals surface area contributed by atoms with E-state index in [0.717, 1.165) is 44.3 Å². The van der Waals surface area contributed by atoms with Gasteiger partial charge in [0.1, 0.15) is 0 Å². The topological polar surface area (TPSA) is 61.4 Å². The van der Waals surface area contributed by atoms with E-state index in [0.29, 0.717) is 11.0 Å². The van der Waals surface area contributed by atoms with Crippen LogP contribution in [0.25, 0.3) is 0 Å². The number of likely N-dealkylation sites (N-methyl/N-ethyl adjacent to an activating group) is 1. The molecule has 0 spiro atoms. The molecule has 112 valence electrons. The molecule has 0 aromatic carbocycles. The molecule has 7 heteroatoms. The van der Waals surface area contributed by atoms with Gasteiger partial charge in [0, 0.05) is 25.7 Å². The lowest BCUT2D eigenvalue weighted by molar-refractivity contribution is 0.0776. The summed E-state index contributed by atoms with van der Waals surface area (Å²) in [5.41, 5.74) is 0. The van der Waals surface area contributed by atoms with Gasteiger partial charge in [-0.25, -0.2) is 0 Å². The summed E-state index contributed by atoms with van der Waals surface area (Å²) in [5.74, 6) is 0.0151. The SMILES string of the molecule is CCNc1nnc(C(=O)N2CCC(N(CC)CC)C2)s1. The number of anilines is 1. The first-order valence-corrected chi connectivity index (χ1v) is 8.11. The molecule has 1 unspecified atom stereocenters. The highest BCUT2D eigenvalue weighted by molar-refractivity contribution is 7.17. The van der Waals surface area contributed by atoms with E-state index in [1.165, 1.54) is 11.3 Å². The molecule has 2 rings (SSSR count). The van der Waals surface area contributed by atoms with Gasteiger partial charge >= 0.3 is 0 Å². The van der Waals surface area contributed by atoms with Crippen molar-refractivity contribution in [1.82, 2.24) is 20.0 Å². The molecule has 0 aliphatic carbocycles. The van der Waals surface area contributed by atoms with Gasteiger partial charge in [0.25, 0.3) is 5.91 Å². The van der Waals surface area contributed by atoms with Crippen molar-refractivity contribution in [2.75, 3.05) is 38.0 Å². The second-order valence-electron chi connectivity index (χ2n) is 4.86. The van der Waals surface area contributed by atoms with Crippen molar-refractivity contribution in [3.05, 3.63) is 5.01 Å². The van der Waals surface area contributed by atoms with Gasteiger partial charge in [-0.15, -0.1) is 10.2 Å². The van der Waals surface area contributed by atoms with E-state index in [-0.39, 0.29) is 5.91 Å². The number of amides is 1. The highest BCUT2D eigenvalue weighted by atomic mass is 32.1. The molecule has 1 N–H and O–H groups in total. The van der Waals surface area contributed by atoms with Gasteiger partial charge in [0.05, 0.1) is 0 Å². The van der Waals surface area contributed by atoms with Gasteiger partial charge in [-0.1, -0.05) is 25.2 Å². The number of carbonyl (C=O) groups is 1. The lowest BCUT2D eigenvalue weighted by Crippen LogP contribution is -2.38. The van der Waals surface area contributed by atoms with Crippen LogP contribution in [0, 0.1) is 0 Å². The Hall–Kier alpha value is -1.21. The zero-order valence-electron chi connectivity index (χ0n) is 12.4. The maximum Gasteiger partial charge on any atom is 0.284 e. The third-order valence-electron chi connectivity index (χ3n) is 3.72. The third kappa shape index (κ3) is 3.27. The van der Waals surface area contributed by atoms with Crippen molar-refractivity contribution in [2.45, 2.75) is 33.2 Å².